The summed E-state index contributed by atoms with van der Waals surface area (Å²) in [5.41, 5.74) is 0. The SMILES string of the molecule is CCCNCC(C)S(=O)(=O)N1CCCSCC1. The molecule has 0 saturated carbocycles. The van der Waals surface area contributed by atoms with Gasteiger partial charge in [-0.25, -0.2) is 12.7 Å². The van der Waals surface area contributed by atoms with E-state index in [1.54, 1.807) is 11.2 Å². The maximum atomic E-state index is 12.3. The van der Waals surface area contributed by atoms with Gasteiger partial charge in [0.25, 0.3) is 0 Å². The lowest BCUT2D eigenvalue weighted by molar-refractivity contribution is 0.425. The molecular formula is C11H24N2O2S2. The van der Waals surface area contributed by atoms with E-state index >= 15 is 0 Å². The molecule has 1 saturated heterocycles. The molecule has 1 unspecified atom stereocenters. The van der Waals surface area contributed by atoms with Crippen LogP contribution in [0.4, 0.5) is 0 Å². The van der Waals surface area contributed by atoms with Crippen LogP contribution in [-0.4, -0.2) is 55.7 Å². The molecule has 0 bridgehead atoms. The number of thioether (sulfide) groups is 1. The molecule has 0 aromatic heterocycles. The van der Waals surface area contributed by atoms with Crippen molar-refractivity contribution in [2.45, 2.75) is 31.9 Å². The van der Waals surface area contributed by atoms with Gasteiger partial charge in [-0.15, -0.1) is 0 Å². The Hall–Kier alpha value is 0.220. The number of hydrogen-bond acceptors (Lipinski definition) is 4. The van der Waals surface area contributed by atoms with Crippen molar-refractivity contribution in [3.63, 3.8) is 0 Å². The summed E-state index contributed by atoms with van der Waals surface area (Å²) in [6, 6.07) is 0. The Kier molecular flexibility index (Phi) is 6.84. The quantitative estimate of drug-likeness (QED) is 0.741. The van der Waals surface area contributed by atoms with Gasteiger partial charge in [0.2, 0.25) is 10.0 Å². The summed E-state index contributed by atoms with van der Waals surface area (Å²) in [6.07, 6.45) is 2.01. The normalized spacial score (nSPS) is 21.1. The lowest BCUT2D eigenvalue weighted by atomic mass is 10.4. The fraction of sp³-hybridized carbons (Fsp3) is 1.00. The average molecular weight is 280 g/mol. The highest BCUT2D eigenvalue weighted by molar-refractivity contribution is 7.99. The standard InChI is InChI=1S/C11H24N2O2S2/c1-3-5-12-10-11(2)17(14,15)13-6-4-8-16-9-7-13/h11-12H,3-10H2,1-2H3. The molecule has 0 radical (unpaired) electrons. The minimum absolute atomic E-state index is 0.322. The van der Waals surface area contributed by atoms with Gasteiger partial charge in [-0.2, -0.15) is 11.8 Å². The molecule has 6 heteroatoms. The lowest BCUT2D eigenvalue weighted by Crippen LogP contribution is -2.43. The van der Waals surface area contributed by atoms with Crippen LogP contribution in [0.15, 0.2) is 0 Å². The van der Waals surface area contributed by atoms with Gasteiger partial charge in [0.05, 0.1) is 5.25 Å². The Balaban J connectivity index is 2.52. The van der Waals surface area contributed by atoms with Gasteiger partial charge in [-0.05, 0) is 32.1 Å². The van der Waals surface area contributed by atoms with Crippen molar-refractivity contribution in [1.29, 1.82) is 0 Å². The molecular weight excluding hydrogens is 256 g/mol. The summed E-state index contributed by atoms with van der Waals surface area (Å²) in [5.74, 6) is 2.00. The molecule has 0 spiro atoms. The Morgan fingerprint density at radius 2 is 2.12 bits per heavy atom. The first-order valence-electron chi connectivity index (χ1n) is 6.36. The highest BCUT2D eigenvalue weighted by Crippen LogP contribution is 2.16. The second-order valence-corrected chi connectivity index (χ2v) is 8.00. The molecule has 1 aliphatic heterocycles. The van der Waals surface area contributed by atoms with Crippen molar-refractivity contribution in [3.05, 3.63) is 0 Å². The second-order valence-electron chi connectivity index (χ2n) is 4.42. The van der Waals surface area contributed by atoms with E-state index in [-0.39, 0.29) is 5.25 Å². The average Bonchev–Trinajstić information content (AvgIpc) is 2.58. The number of rotatable bonds is 6. The molecule has 1 N–H and O–H groups in total. The zero-order chi connectivity index (χ0) is 12.7. The molecule has 1 aliphatic rings. The predicted molar refractivity (Wildman–Crippen MR) is 75.1 cm³/mol. The third kappa shape index (κ3) is 4.77. The minimum Gasteiger partial charge on any atom is -0.315 e. The van der Waals surface area contributed by atoms with Crippen LogP contribution in [0.1, 0.15) is 26.7 Å². The summed E-state index contributed by atoms with van der Waals surface area (Å²) >= 11 is 1.85. The predicted octanol–water partition coefficient (Wildman–Crippen LogP) is 1.14. The van der Waals surface area contributed by atoms with Crippen molar-refractivity contribution < 1.29 is 8.42 Å². The number of nitrogens with zero attached hydrogens (tertiary/aromatic N) is 1. The van der Waals surface area contributed by atoms with Crippen LogP contribution in [0, 0.1) is 0 Å². The van der Waals surface area contributed by atoms with Crippen LogP contribution in [0.3, 0.4) is 0 Å². The van der Waals surface area contributed by atoms with Gasteiger partial charge in [0.1, 0.15) is 0 Å². The molecule has 17 heavy (non-hydrogen) atoms. The Morgan fingerprint density at radius 3 is 2.82 bits per heavy atom. The summed E-state index contributed by atoms with van der Waals surface area (Å²) in [7, 11) is -3.11. The molecule has 4 nitrogen and oxygen atoms in total. The van der Waals surface area contributed by atoms with Gasteiger partial charge >= 0.3 is 0 Å². The van der Waals surface area contributed by atoms with E-state index in [4.69, 9.17) is 0 Å². The molecule has 0 aromatic carbocycles. The van der Waals surface area contributed by atoms with Crippen LogP contribution < -0.4 is 5.32 Å². The van der Waals surface area contributed by atoms with Crippen LogP contribution in [0.25, 0.3) is 0 Å². The van der Waals surface area contributed by atoms with Crippen molar-refractivity contribution in [2.75, 3.05) is 37.7 Å². The first kappa shape index (κ1) is 15.3. The Labute approximate surface area is 110 Å². The maximum Gasteiger partial charge on any atom is 0.217 e. The van der Waals surface area contributed by atoms with E-state index < -0.39 is 10.0 Å². The Morgan fingerprint density at radius 1 is 1.35 bits per heavy atom. The summed E-state index contributed by atoms with van der Waals surface area (Å²) in [5, 5.41) is 2.86. The molecule has 0 aliphatic carbocycles. The number of hydrogen-bond donors (Lipinski definition) is 1. The van der Waals surface area contributed by atoms with Crippen LogP contribution >= 0.6 is 11.8 Å². The van der Waals surface area contributed by atoms with Crippen molar-refractivity contribution in [3.8, 4) is 0 Å². The van der Waals surface area contributed by atoms with Gasteiger partial charge in [-0.1, -0.05) is 6.92 Å². The van der Waals surface area contributed by atoms with Crippen molar-refractivity contribution >= 4 is 21.8 Å². The zero-order valence-electron chi connectivity index (χ0n) is 10.8. The topological polar surface area (TPSA) is 49.4 Å². The molecule has 1 fully saturated rings. The molecule has 1 rings (SSSR count). The third-order valence-electron chi connectivity index (χ3n) is 2.91. The van der Waals surface area contributed by atoms with Crippen LogP contribution in [0.2, 0.25) is 0 Å². The smallest absolute Gasteiger partial charge is 0.217 e. The van der Waals surface area contributed by atoms with E-state index in [1.165, 1.54) is 0 Å². The van der Waals surface area contributed by atoms with Gasteiger partial charge in [0.15, 0.2) is 0 Å². The summed E-state index contributed by atoms with van der Waals surface area (Å²) < 4.78 is 26.3. The first-order chi connectivity index (χ1) is 8.09. The molecule has 1 heterocycles. The summed E-state index contributed by atoms with van der Waals surface area (Å²) in [6.45, 7) is 6.68. The van der Waals surface area contributed by atoms with E-state index in [2.05, 4.69) is 12.2 Å². The van der Waals surface area contributed by atoms with E-state index in [0.29, 0.717) is 19.6 Å². The van der Waals surface area contributed by atoms with Crippen molar-refractivity contribution in [1.82, 2.24) is 9.62 Å². The largest absolute Gasteiger partial charge is 0.315 e. The van der Waals surface area contributed by atoms with Crippen molar-refractivity contribution in [2.24, 2.45) is 0 Å². The highest BCUT2D eigenvalue weighted by atomic mass is 32.2. The molecule has 0 aromatic rings. The summed E-state index contributed by atoms with van der Waals surface area (Å²) in [4.78, 5) is 0. The minimum atomic E-state index is -3.11. The number of sulfonamides is 1. The fourth-order valence-electron chi connectivity index (χ4n) is 1.82. The van der Waals surface area contributed by atoms with E-state index in [1.807, 2.05) is 11.8 Å². The first-order valence-corrected chi connectivity index (χ1v) is 9.02. The van der Waals surface area contributed by atoms with E-state index in [9.17, 15) is 8.42 Å². The molecule has 1 atom stereocenters. The van der Waals surface area contributed by atoms with Gasteiger partial charge < -0.3 is 5.32 Å². The maximum absolute atomic E-state index is 12.3. The molecule has 0 amide bonds. The Bertz CT molecular complexity index is 299. The lowest BCUT2D eigenvalue weighted by Gasteiger charge is -2.24. The monoisotopic (exact) mass is 280 g/mol. The highest BCUT2D eigenvalue weighted by Gasteiger charge is 2.28. The van der Waals surface area contributed by atoms with Gasteiger partial charge in [0, 0.05) is 25.4 Å². The van der Waals surface area contributed by atoms with Crippen LogP contribution in [-0.2, 0) is 10.0 Å². The number of nitrogens with one attached hydrogen (secondary N) is 1. The van der Waals surface area contributed by atoms with E-state index in [0.717, 1.165) is 30.9 Å². The third-order valence-corrected chi connectivity index (χ3v) is 6.23. The molecule has 102 valence electrons. The fourth-order valence-corrected chi connectivity index (χ4v) is 4.39. The second kappa shape index (κ2) is 7.61. The van der Waals surface area contributed by atoms with Gasteiger partial charge in [-0.3, -0.25) is 0 Å². The van der Waals surface area contributed by atoms with Crippen LogP contribution in [0.5, 0.6) is 0 Å². The zero-order valence-corrected chi connectivity index (χ0v) is 12.4.